The van der Waals surface area contributed by atoms with Crippen molar-refractivity contribution in [2.45, 2.75) is 102 Å². The number of aliphatic hydroxyl groups excluding tert-OH is 3. The SMILES string of the molecule is CCCCC/C=C/CCCCCCCCOC[C@H](O)[C@@H]1OC[C@@H](O)[C@@H]1O. The molecule has 0 saturated carbocycles. The van der Waals surface area contributed by atoms with Gasteiger partial charge in [-0.25, -0.2) is 0 Å². The highest BCUT2D eigenvalue weighted by molar-refractivity contribution is 4.87. The number of allylic oxidation sites excluding steroid dienone is 2. The molecule has 0 bridgehead atoms. The van der Waals surface area contributed by atoms with Crippen molar-refractivity contribution in [3.63, 3.8) is 0 Å². The van der Waals surface area contributed by atoms with E-state index in [4.69, 9.17) is 9.47 Å². The minimum atomic E-state index is -1.03. The lowest BCUT2D eigenvalue weighted by Crippen LogP contribution is -2.40. The molecule has 1 heterocycles. The molecule has 0 aromatic heterocycles. The van der Waals surface area contributed by atoms with Gasteiger partial charge in [0.05, 0.1) is 13.2 Å². The molecule has 1 rings (SSSR count). The average molecular weight is 373 g/mol. The predicted octanol–water partition coefficient (Wildman–Crippen LogP) is 3.35. The van der Waals surface area contributed by atoms with Crippen LogP contribution in [0.2, 0.25) is 0 Å². The van der Waals surface area contributed by atoms with Gasteiger partial charge in [-0.15, -0.1) is 0 Å². The Morgan fingerprint density at radius 3 is 2.19 bits per heavy atom. The molecule has 5 nitrogen and oxygen atoms in total. The molecule has 154 valence electrons. The van der Waals surface area contributed by atoms with E-state index >= 15 is 0 Å². The minimum Gasteiger partial charge on any atom is -0.388 e. The number of aliphatic hydroxyl groups is 3. The molecule has 1 fully saturated rings. The summed E-state index contributed by atoms with van der Waals surface area (Å²) in [7, 11) is 0. The number of hydrogen-bond donors (Lipinski definition) is 3. The summed E-state index contributed by atoms with van der Waals surface area (Å²) in [5, 5.41) is 29.0. The summed E-state index contributed by atoms with van der Waals surface area (Å²) < 4.78 is 10.6. The maximum absolute atomic E-state index is 9.91. The Morgan fingerprint density at radius 2 is 1.58 bits per heavy atom. The summed E-state index contributed by atoms with van der Waals surface area (Å²) in [4.78, 5) is 0. The largest absolute Gasteiger partial charge is 0.388 e. The van der Waals surface area contributed by atoms with Gasteiger partial charge in [0.2, 0.25) is 0 Å². The molecule has 5 heteroatoms. The highest BCUT2D eigenvalue weighted by Crippen LogP contribution is 2.18. The zero-order valence-electron chi connectivity index (χ0n) is 16.5. The fourth-order valence-electron chi connectivity index (χ4n) is 3.18. The van der Waals surface area contributed by atoms with Crippen molar-refractivity contribution in [2.75, 3.05) is 19.8 Å². The lowest BCUT2D eigenvalue weighted by molar-refractivity contribution is -0.0813. The quantitative estimate of drug-likeness (QED) is 0.286. The number of ether oxygens (including phenoxy) is 2. The number of hydrogen-bond acceptors (Lipinski definition) is 5. The van der Waals surface area contributed by atoms with Gasteiger partial charge in [-0.3, -0.25) is 0 Å². The molecule has 1 aliphatic heterocycles. The zero-order valence-corrected chi connectivity index (χ0v) is 16.5. The third-order valence-corrected chi connectivity index (χ3v) is 4.91. The van der Waals surface area contributed by atoms with E-state index in [0.29, 0.717) is 6.61 Å². The van der Waals surface area contributed by atoms with E-state index in [1.165, 1.54) is 57.8 Å². The summed E-state index contributed by atoms with van der Waals surface area (Å²) in [5.74, 6) is 0. The van der Waals surface area contributed by atoms with Gasteiger partial charge in [0.1, 0.15) is 24.4 Å². The molecule has 0 unspecified atom stereocenters. The summed E-state index contributed by atoms with van der Waals surface area (Å²) in [6, 6.07) is 0. The summed E-state index contributed by atoms with van der Waals surface area (Å²) in [5.41, 5.74) is 0. The predicted molar refractivity (Wildman–Crippen MR) is 104 cm³/mol. The molecule has 0 amide bonds. The first-order valence-electron chi connectivity index (χ1n) is 10.5. The molecule has 1 aliphatic rings. The Morgan fingerprint density at radius 1 is 0.962 bits per heavy atom. The topological polar surface area (TPSA) is 79.2 Å². The number of rotatable bonds is 16. The van der Waals surface area contributed by atoms with Crippen molar-refractivity contribution in [2.24, 2.45) is 0 Å². The van der Waals surface area contributed by atoms with Crippen LogP contribution in [0.4, 0.5) is 0 Å². The molecular weight excluding hydrogens is 332 g/mol. The fraction of sp³-hybridized carbons (Fsp3) is 0.905. The van der Waals surface area contributed by atoms with Crippen LogP contribution in [0.1, 0.15) is 77.6 Å². The third-order valence-electron chi connectivity index (χ3n) is 4.91. The van der Waals surface area contributed by atoms with Crippen LogP contribution < -0.4 is 0 Å². The van der Waals surface area contributed by atoms with Crippen molar-refractivity contribution < 1.29 is 24.8 Å². The molecule has 0 aliphatic carbocycles. The van der Waals surface area contributed by atoms with Gasteiger partial charge >= 0.3 is 0 Å². The van der Waals surface area contributed by atoms with Crippen LogP contribution in [0.3, 0.4) is 0 Å². The van der Waals surface area contributed by atoms with E-state index in [0.717, 1.165) is 12.8 Å². The van der Waals surface area contributed by atoms with Gasteiger partial charge in [0.15, 0.2) is 0 Å². The third kappa shape index (κ3) is 10.6. The van der Waals surface area contributed by atoms with Crippen molar-refractivity contribution in [3.8, 4) is 0 Å². The van der Waals surface area contributed by atoms with E-state index in [1.807, 2.05) is 0 Å². The van der Waals surface area contributed by atoms with E-state index in [9.17, 15) is 15.3 Å². The lowest BCUT2D eigenvalue weighted by atomic mass is 10.1. The van der Waals surface area contributed by atoms with E-state index in [2.05, 4.69) is 19.1 Å². The van der Waals surface area contributed by atoms with Gasteiger partial charge in [0.25, 0.3) is 0 Å². The first-order valence-corrected chi connectivity index (χ1v) is 10.5. The van der Waals surface area contributed by atoms with Gasteiger partial charge in [-0.1, -0.05) is 57.6 Å². The standard InChI is InChI=1S/C21H40O5/c1-2-3-4-5-6-7-8-9-10-11-12-13-14-15-25-16-19(23)21-20(24)18(22)17-26-21/h6-7,18-24H,2-5,8-17H2,1H3/b7-6+/t18-,19+,20+,21+/m1/s1. The Bertz CT molecular complexity index is 347. The molecule has 0 radical (unpaired) electrons. The van der Waals surface area contributed by atoms with E-state index in [1.54, 1.807) is 0 Å². The maximum Gasteiger partial charge on any atom is 0.114 e. The fourth-order valence-corrected chi connectivity index (χ4v) is 3.18. The van der Waals surface area contributed by atoms with Gasteiger partial charge in [-0.2, -0.15) is 0 Å². The smallest absolute Gasteiger partial charge is 0.114 e. The van der Waals surface area contributed by atoms with Gasteiger partial charge in [-0.05, 0) is 32.1 Å². The van der Waals surface area contributed by atoms with Crippen LogP contribution in [-0.2, 0) is 9.47 Å². The molecule has 1 saturated heterocycles. The first-order chi connectivity index (χ1) is 12.7. The van der Waals surface area contributed by atoms with Gasteiger partial charge < -0.3 is 24.8 Å². The first kappa shape index (κ1) is 23.6. The van der Waals surface area contributed by atoms with Crippen molar-refractivity contribution in [1.82, 2.24) is 0 Å². The van der Waals surface area contributed by atoms with Crippen molar-refractivity contribution in [1.29, 1.82) is 0 Å². The second kappa shape index (κ2) is 15.6. The minimum absolute atomic E-state index is 0.0670. The Labute approximate surface area is 159 Å². The average Bonchev–Trinajstić information content (AvgIpc) is 2.97. The summed E-state index contributed by atoms with van der Waals surface area (Å²) in [6.45, 7) is 3.06. The van der Waals surface area contributed by atoms with Crippen LogP contribution in [0, 0.1) is 0 Å². The van der Waals surface area contributed by atoms with E-state index in [-0.39, 0.29) is 13.2 Å². The van der Waals surface area contributed by atoms with Crippen molar-refractivity contribution in [3.05, 3.63) is 12.2 Å². The van der Waals surface area contributed by atoms with Crippen LogP contribution >= 0.6 is 0 Å². The Balaban J connectivity index is 1.82. The molecule has 0 aromatic rings. The van der Waals surface area contributed by atoms with Crippen LogP contribution in [0.25, 0.3) is 0 Å². The van der Waals surface area contributed by atoms with Crippen LogP contribution in [-0.4, -0.2) is 59.6 Å². The molecule has 3 N–H and O–H groups in total. The molecule has 26 heavy (non-hydrogen) atoms. The molecule has 0 spiro atoms. The van der Waals surface area contributed by atoms with Crippen LogP contribution in [0.15, 0.2) is 12.2 Å². The normalized spacial score (nSPS) is 24.5. The zero-order chi connectivity index (χ0) is 19.0. The lowest BCUT2D eigenvalue weighted by Gasteiger charge is -2.20. The van der Waals surface area contributed by atoms with Crippen LogP contribution in [0.5, 0.6) is 0 Å². The Kier molecular flexibility index (Phi) is 14.1. The van der Waals surface area contributed by atoms with E-state index < -0.39 is 24.4 Å². The summed E-state index contributed by atoms with van der Waals surface area (Å²) >= 11 is 0. The summed E-state index contributed by atoms with van der Waals surface area (Å²) in [6.07, 6.45) is 14.7. The number of unbranched alkanes of at least 4 members (excludes halogenated alkanes) is 9. The second-order valence-corrected chi connectivity index (χ2v) is 7.38. The Hall–Kier alpha value is -0.460. The van der Waals surface area contributed by atoms with Gasteiger partial charge in [0, 0.05) is 6.61 Å². The van der Waals surface area contributed by atoms with Crippen molar-refractivity contribution >= 4 is 0 Å². The second-order valence-electron chi connectivity index (χ2n) is 7.38. The monoisotopic (exact) mass is 372 g/mol. The molecule has 0 aromatic carbocycles. The maximum atomic E-state index is 9.91. The molecular formula is C21H40O5. The highest BCUT2D eigenvalue weighted by atomic mass is 16.5. The molecule has 4 atom stereocenters. The highest BCUT2D eigenvalue weighted by Gasteiger charge is 2.39.